The Kier molecular flexibility index (Phi) is 6.38. The summed E-state index contributed by atoms with van der Waals surface area (Å²) in [6.45, 7) is 10.4. The van der Waals surface area contributed by atoms with Crippen molar-refractivity contribution in [1.82, 2.24) is 4.98 Å². The van der Waals surface area contributed by atoms with Gasteiger partial charge in [0, 0.05) is 10.9 Å². The van der Waals surface area contributed by atoms with E-state index in [1.807, 2.05) is 68.4 Å². The van der Waals surface area contributed by atoms with Crippen molar-refractivity contribution < 1.29 is 4.79 Å². The normalized spacial score (nSPS) is 10.8. The van der Waals surface area contributed by atoms with Crippen LogP contribution in [0, 0.1) is 0 Å². The summed E-state index contributed by atoms with van der Waals surface area (Å²) in [5.74, 6) is -0.200. The van der Waals surface area contributed by atoms with Gasteiger partial charge in [-0.05, 0) is 35.2 Å². The summed E-state index contributed by atoms with van der Waals surface area (Å²) in [5, 5.41) is 4.06. The highest BCUT2D eigenvalue weighted by atomic mass is 35.5. The molecule has 0 aliphatic heterocycles. The molecule has 2 aromatic carbocycles. The van der Waals surface area contributed by atoms with Crippen LogP contribution in [-0.2, 0) is 5.41 Å². The van der Waals surface area contributed by atoms with Crippen LogP contribution in [0.25, 0.3) is 10.9 Å². The zero-order valence-electron chi connectivity index (χ0n) is 15.9. The lowest BCUT2D eigenvalue weighted by atomic mass is 9.87. The van der Waals surface area contributed by atoms with Gasteiger partial charge in [-0.2, -0.15) is 0 Å². The van der Waals surface area contributed by atoms with Crippen molar-refractivity contribution in [3.8, 4) is 0 Å². The lowest BCUT2D eigenvalue weighted by Gasteiger charge is -2.19. The second-order valence-electron chi connectivity index (χ2n) is 6.80. The first-order valence-electron chi connectivity index (χ1n) is 8.82. The van der Waals surface area contributed by atoms with Gasteiger partial charge in [-0.1, -0.05) is 76.6 Å². The number of fused-ring (bicyclic) bond motifs is 1. The maximum absolute atomic E-state index is 12.5. The number of halogens is 1. The SMILES string of the molecule is CC.CC(C)(C)c1ccc(C(=O)Nc2cc3ccccc3nc2Cl)cc1. The van der Waals surface area contributed by atoms with E-state index >= 15 is 0 Å². The highest BCUT2D eigenvalue weighted by Crippen LogP contribution is 2.26. The number of nitrogens with one attached hydrogen (secondary N) is 1. The van der Waals surface area contributed by atoms with E-state index in [0.717, 1.165) is 10.9 Å². The van der Waals surface area contributed by atoms with Crippen molar-refractivity contribution in [1.29, 1.82) is 0 Å². The van der Waals surface area contributed by atoms with Gasteiger partial charge in [0.05, 0.1) is 11.2 Å². The lowest BCUT2D eigenvalue weighted by molar-refractivity contribution is 0.102. The largest absolute Gasteiger partial charge is 0.319 e. The van der Waals surface area contributed by atoms with Crippen LogP contribution in [0.4, 0.5) is 5.69 Å². The van der Waals surface area contributed by atoms with E-state index in [-0.39, 0.29) is 16.5 Å². The summed E-state index contributed by atoms with van der Waals surface area (Å²) in [7, 11) is 0. The molecule has 0 aliphatic rings. The number of para-hydroxylation sites is 1. The fraction of sp³-hybridized carbons (Fsp3) is 0.273. The molecule has 136 valence electrons. The minimum Gasteiger partial charge on any atom is -0.319 e. The smallest absolute Gasteiger partial charge is 0.255 e. The Morgan fingerprint density at radius 2 is 1.62 bits per heavy atom. The second-order valence-corrected chi connectivity index (χ2v) is 7.16. The third-order valence-corrected chi connectivity index (χ3v) is 4.23. The molecule has 1 aromatic heterocycles. The molecular weight excluding hydrogens is 344 g/mol. The van der Waals surface area contributed by atoms with Crippen LogP contribution in [0.3, 0.4) is 0 Å². The van der Waals surface area contributed by atoms with Crippen molar-refractivity contribution in [3.05, 3.63) is 70.9 Å². The molecule has 0 saturated heterocycles. The number of carbonyl (C=O) groups excluding carboxylic acids is 1. The monoisotopic (exact) mass is 368 g/mol. The van der Waals surface area contributed by atoms with Crippen molar-refractivity contribution in [2.75, 3.05) is 5.32 Å². The Morgan fingerprint density at radius 1 is 1.00 bits per heavy atom. The van der Waals surface area contributed by atoms with Gasteiger partial charge in [-0.3, -0.25) is 4.79 Å². The van der Waals surface area contributed by atoms with E-state index in [4.69, 9.17) is 11.6 Å². The van der Waals surface area contributed by atoms with Crippen molar-refractivity contribution in [2.45, 2.75) is 40.0 Å². The van der Waals surface area contributed by atoms with Gasteiger partial charge in [-0.25, -0.2) is 4.98 Å². The maximum atomic E-state index is 12.5. The molecule has 3 nitrogen and oxygen atoms in total. The van der Waals surface area contributed by atoms with E-state index in [0.29, 0.717) is 11.3 Å². The molecule has 1 amide bonds. The Labute approximate surface area is 160 Å². The van der Waals surface area contributed by atoms with Crippen molar-refractivity contribution >= 4 is 34.1 Å². The predicted molar refractivity (Wildman–Crippen MR) is 111 cm³/mol. The fourth-order valence-corrected chi connectivity index (χ4v) is 2.69. The summed E-state index contributed by atoms with van der Waals surface area (Å²) >= 11 is 6.19. The molecule has 0 spiro atoms. The zero-order chi connectivity index (χ0) is 19.3. The summed E-state index contributed by atoms with van der Waals surface area (Å²) in [5.41, 5.74) is 3.15. The van der Waals surface area contributed by atoms with E-state index in [1.54, 1.807) is 0 Å². The number of carbonyl (C=O) groups is 1. The molecule has 4 heteroatoms. The van der Waals surface area contributed by atoms with Crippen LogP contribution < -0.4 is 5.32 Å². The first-order valence-corrected chi connectivity index (χ1v) is 9.19. The average Bonchev–Trinajstić information content (AvgIpc) is 2.63. The molecule has 3 rings (SSSR count). The van der Waals surface area contributed by atoms with Crippen LogP contribution in [0.1, 0.15) is 50.5 Å². The molecule has 1 heterocycles. The zero-order valence-corrected chi connectivity index (χ0v) is 16.7. The molecule has 0 unspecified atom stereocenters. The minimum atomic E-state index is -0.200. The van der Waals surface area contributed by atoms with E-state index in [9.17, 15) is 4.79 Å². The second kappa shape index (κ2) is 8.33. The van der Waals surface area contributed by atoms with Gasteiger partial charge in [-0.15, -0.1) is 0 Å². The number of pyridine rings is 1. The number of benzene rings is 2. The van der Waals surface area contributed by atoms with Crippen LogP contribution in [0.2, 0.25) is 5.15 Å². The van der Waals surface area contributed by atoms with Gasteiger partial charge in [0.15, 0.2) is 5.15 Å². The summed E-state index contributed by atoms with van der Waals surface area (Å²) in [6.07, 6.45) is 0. The average molecular weight is 369 g/mol. The van der Waals surface area contributed by atoms with Gasteiger partial charge in [0.25, 0.3) is 5.91 Å². The van der Waals surface area contributed by atoms with Gasteiger partial charge >= 0.3 is 0 Å². The van der Waals surface area contributed by atoms with E-state index in [2.05, 4.69) is 31.1 Å². The Bertz CT molecular complexity index is 896. The number of amides is 1. The minimum absolute atomic E-state index is 0.0561. The van der Waals surface area contributed by atoms with E-state index < -0.39 is 0 Å². The molecule has 0 fully saturated rings. The summed E-state index contributed by atoms with van der Waals surface area (Å²) < 4.78 is 0. The molecule has 1 N–H and O–H groups in total. The fourth-order valence-electron chi connectivity index (χ4n) is 2.50. The maximum Gasteiger partial charge on any atom is 0.255 e. The number of nitrogens with zero attached hydrogens (tertiary/aromatic N) is 1. The number of hydrogen-bond acceptors (Lipinski definition) is 2. The number of hydrogen-bond donors (Lipinski definition) is 1. The van der Waals surface area contributed by atoms with Gasteiger partial charge in [0.2, 0.25) is 0 Å². The third kappa shape index (κ3) is 4.61. The third-order valence-electron chi connectivity index (χ3n) is 3.94. The molecule has 3 aromatic rings. The van der Waals surface area contributed by atoms with Crippen LogP contribution in [-0.4, -0.2) is 10.9 Å². The Balaban J connectivity index is 0.00000117. The van der Waals surface area contributed by atoms with Gasteiger partial charge in [0.1, 0.15) is 0 Å². The number of aromatic nitrogens is 1. The van der Waals surface area contributed by atoms with Crippen molar-refractivity contribution in [3.63, 3.8) is 0 Å². The van der Waals surface area contributed by atoms with Crippen LogP contribution >= 0.6 is 11.6 Å². The topological polar surface area (TPSA) is 42.0 Å². The first kappa shape index (κ1) is 19.9. The van der Waals surface area contributed by atoms with Crippen LogP contribution in [0.5, 0.6) is 0 Å². The quantitative estimate of drug-likeness (QED) is 0.527. The highest BCUT2D eigenvalue weighted by Gasteiger charge is 2.15. The molecule has 0 aliphatic carbocycles. The number of anilines is 1. The predicted octanol–water partition coefficient (Wildman–Crippen LogP) is 6.46. The Morgan fingerprint density at radius 3 is 2.23 bits per heavy atom. The molecular formula is C22H25ClN2O. The molecule has 0 bridgehead atoms. The van der Waals surface area contributed by atoms with Crippen molar-refractivity contribution in [2.24, 2.45) is 0 Å². The highest BCUT2D eigenvalue weighted by molar-refractivity contribution is 6.33. The molecule has 0 radical (unpaired) electrons. The van der Waals surface area contributed by atoms with Gasteiger partial charge < -0.3 is 5.32 Å². The lowest BCUT2D eigenvalue weighted by Crippen LogP contribution is -2.14. The standard InChI is InChI=1S/C20H19ClN2O.C2H6/c1-20(2,3)15-10-8-13(9-11-15)19(24)23-17-12-14-6-4-5-7-16(14)22-18(17)21;1-2/h4-12H,1-3H3,(H,23,24);1-2H3. The van der Waals surface area contributed by atoms with E-state index in [1.165, 1.54) is 5.56 Å². The number of rotatable bonds is 2. The summed E-state index contributed by atoms with van der Waals surface area (Å²) in [6, 6.07) is 17.1. The molecule has 26 heavy (non-hydrogen) atoms. The first-order chi connectivity index (χ1) is 12.3. The molecule has 0 saturated carbocycles. The summed E-state index contributed by atoms with van der Waals surface area (Å²) in [4.78, 5) is 16.8. The van der Waals surface area contributed by atoms with Crippen LogP contribution in [0.15, 0.2) is 54.6 Å². The Hall–Kier alpha value is -2.39. The molecule has 0 atom stereocenters.